The first kappa shape index (κ1) is 4.89. The van der Waals surface area contributed by atoms with Crippen LogP contribution in [0.2, 0.25) is 0 Å². The molecule has 7 heavy (non-hydrogen) atoms. The highest BCUT2D eigenvalue weighted by atomic mass is 14.2. The van der Waals surface area contributed by atoms with Crippen molar-refractivity contribution in [2.45, 2.75) is 33.1 Å². The van der Waals surface area contributed by atoms with Crippen LogP contribution in [-0.4, -0.2) is 0 Å². The number of allylic oxidation sites excluding steroid dienone is 2. The maximum Gasteiger partial charge on any atom is -0.0280 e. The Morgan fingerprint density at radius 1 is 1.57 bits per heavy atom. The highest BCUT2D eigenvalue weighted by Crippen LogP contribution is 2.32. The van der Waals surface area contributed by atoms with Crippen molar-refractivity contribution in [2.75, 3.05) is 0 Å². The van der Waals surface area contributed by atoms with Crippen molar-refractivity contribution < 1.29 is 0 Å². The van der Waals surface area contributed by atoms with E-state index in [0.29, 0.717) is 0 Å². The van der Waals surface area contributed by atoms with Crippen molar-refractivity contribution in [3.8, 4) is 0 Å². The summed E-state index contributed by atoms with van der Waals surface area (Å²) >= 11 is 0. The molecule has 0 heterocycles. The smallest absolute Gasteiger partial charge is 0.0280 e. The molecule has 1 saturated carbocycles. The van der Waals surface area contributed by atoms with Crippen molar-refractivity contribution in [1.82, 2.24) is 0 Å². The summed E-state index contributed by atoms with van der Waals surface area (Å²) in [4.78, 5) is 0. The highest BCUT2D eigenvalue weighted by molar-refractivity contribution is 5.22. The van der Waals surface area contributed by atoms with Gasteiger partial charge in [-0.3, -0.25) is 0 Å². The molecule has 1 aliphatic rings. The van der Waals surface area contributed by atoms with Crippen LogP contribution < -0.4 is 0 Å². The summed E-state index contributed by atoms with van der Waals surface area (Å²) in [6.45, 7) is 4.46. The van der Waals surface area contributed by atoms with E-state index in [4.69, 9.17) is 0 Å². The lowest BCUT2D eigenvalue weighted by Gasteiger charge is -1.86. The minimum Gasteiger partial charge on any atom is -0.0744 e. The van der Waals surface area contributed by atoms with Gasteiger partial charge >= 0.3 is 0 Å². The zero-order valence-corrected chi connectivity index (χ0v) is 5.12. The van der Waals surface area contributed by atoms with Gasteiger partial charge in [0.05, 0.1) is 0 Å². The lowest BCUT2D eigenvalue weighted by Crippen LogP contribution is -1.66. The summed E-state index contributed by atoms with van der Waals surface area (Å²) < 4.78 is 0. The van der Waals surface area contributed by atoms with Crippen LogP contribution in [-0.2, 0) is 0 Å². The summed E-state index contributed by atoms with van der Waals surface area (Å²) in [5.74, 6) is 0. The second-order valence-electron chi connectivity index (χ2n) is 2.24. The van der Waals surface area contributed by atoms with Crippen molar-refractivity contribution >= 4 is 0 Å². The SMILES string of the molecule is CCC(C)=C1CC1. The second-order valence-corrected chi connectivity index (χ2v) is 2.24. The van der Waals surface area contributed by atoms with Gasteiger partial charge in [0.15, 0.2) is 0 Å². The molecule has 0 amide bonds. The summed E-state index contributed by atoms with van der Waals surface area (Å²) in [6, 6.07) is 0. The van der Waals surface area contributed by atoms with Crippen LogP contribution in [0.3, 0.4) is 0 Å². The number of hydrogen-bond donors (Lipinski definition) is 0. The molecule has 0 aromatic rings. The molecule has 0 aromatic carbocycles. The van der Waals surface area contributed by atoms with E-state index in [-0.39, 0.29) is 0 Å². The van der Waals surface area contributed by atoms with Gasteiger partial charge in [0, 0.05) is 0 Å². The zero-order chi connectivity index (χ0) is 5.28. The van der Waals surface area contributed by atoms with Crippen molar-refractivity contribution in [3.63, 3.8) is 0 Å². The normalized spacial score (nSPS) is 17.1. The first-order valence-electron chi connectivity index (χ1n) is 3.02. The van der Waals surface area contributed by atoms with Gasteiger partial charge < -0.3 is 0 Å². The fourth-order valence-electron chi connectivity index (χ4n) is 0.739. The average molecular weight is 96.2 g/mol. The summed E-state index contributed by atoms with van der Waals surface area (Å²) in [6.07, 6.45) is 4.04. The third kappa shape index (κ3) is 1.05. The zero-order valence-electron chi connectivity index (χ0n) is 5.12. The second kappa shape index (κ2) is 1.69. The van der Waals surface area contributed by atoms with Crippen molar-refractivity contribution in [1.29, 1.82) is 0 Å². The standard InChI is InChI=1S/C7H12/c1-3-6(2)7-4-5-7/h3-5H2,1-2H3. The van der Waals surface area contributed by atoms with Crippen LogP contribution >= 0.6 is 0 Å². The first-order chi connectivity index (χ1) is 3.34. The van der Waals surface area contributed by atoms with Crippen LogP contribution in [0.25, 0.3) is 0 Å². The largest absolute Gasteiger partial charge is 0.0744 e. The van der Waals surface area contributed by atoms with E-state index in [1.807, 2.05) is 0 Å². The quantitative estimate of drug-likeness (QED) is 0.440. The molecule has 0 bridgehead atoms. The van der Waals surface area contributed by atoms with Gasteiger partial charge in [0.25, 0.3) is 0 Å². The Bertz CT molecular complexity index is 92.6. The van der Waals surface area contributed by atoms with Gasteiger partial charge in [0.1, 0.15) is 0 Å². The van der Waals surface area contributed by atoms with Crippen LogP contribution in [0, 0.1) is 0 Å². The minimum absolute atomic E-state index is 1.26. The third-order valence-electron chi connectivity index (χ3n) is 1.63. The lowest BCUT2D eigenvalue weighted by atomic mass is 10.2. The van der Waals surface area contributed by atoms with E-state index < -0.39 is 0 Å². The predicted molar refractivity (Wildman–Crippen MR) is 32.2 cm³/mol. The number of rotatable bonds is 1. The number of hydrogen-bond acceptors (Lipinski definition) is 0. The Balaban J connectivity index is 2.49. The average Bonchev–Trinajstić information content (AvgIpc) is 2.44. The van der Waals surface area contributed by atoms with Crippen LogP contribution in [0.4, 0.5) is 0 Å². The Labute approximate surface area is 45.2 Å². The molecule has 40 valence electrons. The van der Waals surface area contributed by atoms with E-state index in [9.17, 15) is 0 Å². The van der Waals surface area contributed by atoms with Crippen LogP contribution in [0.1, 0.15) is 33.1 Å². The van der Waals surface area contributed by atoms with E-state index in [1.165, 1.54) is 19.3 Å². The third-order valence-corrected chi connectivity index (χ3v) is 1.63. The van der Waals surface area contributed by atoms with Gasteiger partial charge in [-0.1, -0.05) is 18.1 Å². The van der Waals surface area contributed by atoms with E-state index >= 15 is 0 Å². The molecule has 1 aliphatic carbocycles. The summed E-state index contributed by atoms with van der Waals surface area (Å²) in [5, 5.41) is 0. The summed E-state index contributed by atoms with van der Waals surface area (Å²) in [7, 11) is 0. The van der Waals surface area contributed by atoms with E-state index in [0.717, 1.165) is 0 Å². The summed E-state index contributed by atoms with van der Waals surface area (Å²) in [5.41, 5.74) is 3.34. The molecule has 0 saturated heterocycles. The Morgan fingerprint density at radius 3 is 2.29 bits per heavy atom. The van der Waals surface area contributed by atoms with Crippen molar-refractivity contribution in [3.05, 3.63) is 11.1 Å². The minimum atomic E-state index is 1.26. The molecule has 0 heteroatoms. The van der Waals surface area contributed by atoms with Crippen LogP contribution in [0.5, 0.6) is 0 Å². The highest BCUT2D eigenvalue weighted by Gasteiger charge is 2.12. The molecular weight excluding hydrogens is 84.1 g/mol. The molecular formula is C7H12. The molecule has 0 spiro atoms. The van der Waals surface area contributed by atoms with E-state index in [1.54, 1.807) is 11.1 Å². The van der Waals surface area contributed by atoms with E-state index in [2.05, 4.69) is 13.8 Å². The maximum atomic E-state index is 2.24. The Hall–Kier alpha value is -0.260. The Kier molecular flexibility index (Phi) is 1.18. The Morgan fingerprint density at radius 2 is 2.14 bits per heavy atom. The van der Waals surface area contributed by atoms with Gasteiger partial charge in [-0.2, -0.15) is 0 Å². The first-order valence-corrected chi connectivity index (χ1v) is 3.02. The topological polar surface area (TPSA) is 0 Å². The fraction of sp³-hybridized carbons (Fsp3) is 0.714. The molecule has 0 aromatic heterocycles. The predicted octanol–water partition coefficient (Wildman–Crippen LogP) is 2.51. The van der Waals surface area contributed by atoms with Crippen molar-refractivity contribution in [2.24, 2.45) is 0 Å². The molecule has 1 fully saturated rings. The molecule has 1 rings (SSSR count). The molecule has 0 radical (unpaired) electrons. The van der Waals surface area contributed by atoms with Gasteiger partial charge in [-0.25, -0.2) is 0 Å². The lowest BCUT2D eigenvalue weighted by molar-refractivity contribution is 1.09. The molecule has 0 N–H and O–H groups in total. The monoisotopic (exact) mass is 96.1 g/mol. The van der Waals surface area contributed by atoms with Gasteiger partial charge in [-0.05, 0) is 26.2 Å². The molecule has 0 unspecified atom stereocenters. The molecule has 0 atom stereocenters. The maximum absolute atomic E-state index is 2.24. The molecule has 0 aliphatic heterocycles. The van der Waals surface area contributed by atoms with Gasteiger partial charge in [-0.15, -0.1) is 0 Å². The van der Waals surface area contributed by atoms with Crippen LogP contribution in [0.15, 0.2) is 11.1 Å². The van der Waals surface area contributed by atoms with Gasteiger partial charge in [0.2, 0.25) is 0 Å². The fourth-order valence-corrected chi connectivity index (χ4v) is 0.739. The molecule has 0 nitrogen and oxygen atoms in total.